The van der Waals surface area contributed by atoms with Gasteiger partial charge in [-0.1, -0.05) is 19.1 Å². The fourth-order valence-electron chi connectivity index (χ4n) is 3.76. The Hall–Kier alpha value is -2.15. The molecule has 0 saturated carbocycles. The summed E-state index contributed by atoms with van der Waals surface area (Å²) in [6, 6.07) is 6.72. The number of benzene rings is 1. The smallest absolute Gasteiger partial charge is 0.236 e. The van der Waals surface area contributed by atoms with Gasteiger partial charge in [-0.15, -0.1) is 0 Å². The van der Waals surface area contributed by atoms with E-state index in [4.69, 9.17) is 5.73 Å². The number of para-hydroxylation sites is 1. The third-order valence-electron chi connectivity index (χ3n) is 5.24. The molecule has 25 heavy (non-hydrogen) atoms. The van der Waals surface area contributed by atoms with Crippen molar-refractivity contribution in [1.82, 2.24) is 9.80 Å². The molecule has 2 heterocycles. The van der Waals surface area contributed by atoms with Gasteiger partial charge in [0, 0.05) is 39.3 Å². The summed E-state index contributed by atoms with van der Waals surface area (Å²) in [7, 11) is 0. The van der Waals surface area contributed by atoms with Gasteiger partial charge >= 0.3 is 0 Å². The Morgan fingerprint density at radius 2 is 1.84 bits per heavy atom. The lowest BCUT2D eigenvalue weighted by Crippen LogP contribution is -2.51. The molecule has 2 N–H and O–H groups in total. The number of primary amides is 1. The first-order valence-corrected chi connectivity index (χ1v) is 8.74. The maximum Gasteiger partial charge on any atom is 0.236 e. The molecule has 2 fully saturated rings. The highest BCUT2D eigenvalue weighted by molar-refractivity contribution is 5.80. The largest absolute Gasteiger partial charge is 0.369 e. The second-order valence-electron chi connectivity index (χ2n) is 7.00. The molecule has 0 spiro atoms. The molecule has 3 rings (SSSR count). The van der Waals surface area contributed by atoms with Crippen LogP contribution < -0.4 is 10.6 Å². The SMILES string of the molecule is C[C@@H]1CN(CC(=O)N2CCN(c3ccccc3F)CC2)C[C@H]1C(N)=O. The van der Waals surface area contributed by atoms with Gasteiger partial charge in [0.05, 0.1) is 18.2 Å². The summed E-state index contributed by atoms with van der Waals surface area (Å²) in [5.41, 5.74) is 6.00. The first-order chi connectivity index (χ1) is 12.0. The van der Waals surface area contributed by atoms with E-state index in [0.29, 0.717) is 51.5 Å². The van der Waals surface area contributed by atoms with E-state index in [2.05, 4.69) is 0 Å². The highest BCUT2D eigenvalue weighted by Crippen LogP contribution is 2.23. The molecule has 1 aromatic carbocycles. The molecule has 2 aliphatic rings. The quantitative estimate of drug-likeness (QED) is 0.862. The fourth-order valence-corrected chi connectivity index (χ4v) is 3.76. The summed E-state index contributed by atoms with van der Waals surface area (Å²) in [4.78, 5) is 29.7. The number of carbonyl (C=O) groups is 2. The highest BCUT2D eigenvalue weighted by Gasteiger charge is 2.35. The number of hydrogen-bond donors (Lipinski definition) is 1. The van der Waals surface area contributed by atoms with Crippen molar-refractivity contribution in [2.45, 2.75) is 6.92 Å². The molecule has 0 aliphatic carbocycles. The van der Waals surface area contributed by atoms with Crippen LogP contribution in [0.4, 0.5) is 10.1 Å². The Labute approximate surface area is 147 Å². The van der Waals surface area contributed by atoms with Crippen molar-refractivity contribution in [2.75, 3.05) is 50.7 Å². The van der Waals surface area contributed by atoms with Crippen molar-refractivity contribution in [3.8, 4) is 0 Å². The molecule has 0 unspecified atom stereocenters. The topological polar surface area (TPSA) is 69.9 Å². The van der Waals surface area contributed by atoms with E-state index in [-0.39, 0.29) is 29.5 Å². The van der Waals surface area contributed by atoms with Crippen molar-refractivity contribution in [1.29, 1.82) is 0 Å². The number of halogens is 1. The van der Waals surface area contributed by atoms with Crippen LogP contribution in [0.3, 0.4) is 0 Å². The number of carbonyl (C=O) groups excluding carboxylic acids is 2. The van der Waals surface area contributed by atoms with Crippen molar-refractivity contribution >= 4 is 17.5 Å². The Kier molecular flexibility index (Phi) is 5.22. The number of nitrogens with zero attached hydrogens (tertiary/aromatic N) is 3. The Morgan fingerprint density at radius 1 is 1.16 bits per heavy atom. The summed E-state index contributed by atoms with van der Waals surface area (Å²) >= 11 is 0. The zero-order valence-corrected chi connectivity index (χ0v) is 14.5. The molecule has 0 radical (unpaired) electrons. The van der Waals surface area contributed by atoms with E-state index < -0.39 is 0 Å². The van der Waals surface area contributed by atoms with E-state index in [9.17, 15) is 14.0 Å². The van der Waals surface area contributed by atoms with Crippen LogP contribution in [-0.2, 0) is 9.59 Å². The van der Waals surface area contributed by atoms with Crippen LogP contribution in [0.2, 0.25) is 0 Å². The van der Waals surface area contributed by atoms with Crippen LogP contribution in [0.1, 0.15) is 6.92 Å². The van der Waals surface area contributed by atoms with E-state index in [1.807, 2.05) is 27.7 Å². The summed E-state index contributed by atoms with van der Waals surface area (Å²) in [6.45, 7) is 5.97. The van der Waals surface area contributed by atoms with Crippen molar-refractivity contribution < 1.29 is 14.0 Å². The zero-order valence-electron chi connectivity index (χ0n) is 14.5. The van der Waals surface area contributed by atoms with Crippen LogP contribution in [0.15, 0.2) is 24.3 Å². The molecular weight excluding hydrogens is 323 g/mol. The molecular formula is C18H25FN4O2. The van der Waals surface area contributed by atoms with Gasteiger partial charge in [-0.05, 0) is 18.1 Å². The highest BCUT2D eigenvalue weighted by atomic mass is 19.1. The van der Waals surface area contributed by atoms with Gasteiger partial charge in [0.25, 0.3) is 0 Å². The minimum absolute atomic E-state index is 0.0607. The van der Waals surface area contributed by atoms with Gasteiger partial charge in [0.1, 0.15) is 5.82 Å². The summed E-state index contributed by atoms with van der Waals surface area (Å²) in [5.74, 6) is -0.453. The van der Waals surface area contributed by atoms with Crippen LogP contribution in [0, 0.1) is 17.7 Å². The maximum atomic E-state index is 13.9. The van der Waals surface area contributed by atoms with Crippen molar-refractivity contribution in [3.05, 3.63) is 30.1 Å². The number of nitrogens with two attached hydrogens (primary N) is 1. The number of piperazine rings is 1. The molecule has 1 aromatic rings. The van der Waals surface area contributed by atoms with Crippen LogP contribution in [0.5, 0.6) is 0 Å². The lowest BCUT2D eigenvalue weighted by molar-refractivity contribution is -0.132. The van der Waals surface area contributed by atoms with Gasteiger partial charge < -0.3 is 15.5 Å². The Bertz CT molecular complexity index is 646. The van der Waals surface area contributed by atoms with Crippen molar-refractivity contribution in [3.63, 3.8) is 0 Å². The summed E-state index contributed by atoms with van der Waals surface area (Å²) in [6.07, 6.45) is 0. The van der Waals surface area contributed by atoms with E-state index in [1.54, 1.807) is 12.1 Å². The van der Waals surface area contributed by atoms with Crippen molar-refractivity contribution in [2.24, 2.45) is 17.6 Å². The minimum atomic E-state index is -0.291. The van der Waals surface area contributed by atoms with Crippen LogP contribution in [-0.4, -0.2) is 67.4 Å². The number of amides is 2. The summed E-state index contributed by atoms with van der Waals surface area (Å²) < 4.78 is 13.9. The van der Waals surface area contributed by atoms with Gasteiger partial charge in [-0.2, -0.15) is 0 Å². The third-order valence-corrected chi connectivity index (χ3v) is 5.24. The average Bonchev–Trinajstić information content (AvgIpc) is 2.96. The molecule has 6 nitrogen and oxygen atoms in total. The number of likely N-dealkylation sites (tertiary alicyclic amines) is 1. The van der Waals surface area contributed by atoms with E-state index in [1.165, 1.54) is 6.07 Å². The van der Waals surface area contributed by atoms with Crippen LogP contribution >= 0.6 is 0 Å². The fraction of sp³-hybridized carbons (Fsp3) is 0.556. The average molecular weight is 348 g/mol. The number of rotatable bonds is 4. The van der Waals surface area contributed by atoms with E-state index >= 15 is 0 Å². The predicted octanol–water partition coefficient (Wildman–Crippen LogP) is 0.528. The molecule has 0 bridgehead atoms. The molecule has 0 aromatic heterocycles. The molecule has 2 atom stereocenters. The van der Waals surface area contributed by atoms with Gasteiger partial charge in [-0.3, -0.25) is 14.5 Å². The summed E-state index contributed by atoms with van der Waals surface area (Å²) in [5, 5.41) is 0. The lowest BCUT2D eigenvalue weighted by Gasteiger charge is -2.36. The Balaban J connectivity index is 1.51. The first-order valence-electron chi connectivity index (χ1n) is 8.74. The molecule has 2 aliphatic heterocycles. The lowest BCUT2D eigenvalue weighted by atomic mass is 9.98. The molecule has 136 valence electrons. The molecule has 2 amide bonds. The third kappa shape index (κ3) is 3.92. The second-order valence-corrected chi connectivity index (χ2v) is 7.00. The maximum absolute atomic E-state index is 13.9. The van der Waals surface area contributed by atoms with E-state index in [0.717, 1.165) is 0 Å². The Morgan fingerprint density at radius 3 is 2.44 bits per heavy atom. The van der Waals surface area contributed by atoms with Crippen LogP contribution in [0.25, 0.3) is 0 Å². The minimum Gasteiger partial charge on any atom is -0.369 e. The predicted molar refractivity (Wildman–Crippen MR) is 93.5 cm³/mol. The van der Waals surface area contributed by atoms with Gasteiger partial charge in [0.2, 0.25) is 11.8 Å². The molecule has 7 heteroatoms. The zero-order chi connectivity index (χ0) is 18.0. The first kappa shape index (κ1) is 17.7. The second kappa shape index (κ2) is 7.39. The van der Waals surface area contributed by atoms with Gasteiger partial charge in [-0.25, -0.2) is 4.39 Å². The normalized spacial score (nSPS) is 24.6. The monoisotopic (exact) mass is 348 g/mol. The molecule has 2 saturated heterocycles. The number of hydrogen-bond acceptors (Lipinski definition) is 4. The number of anilines is 1. The van der Waals surface area contributed by atoms with Gasteiger partial charge in [0.15, 0.2) is 0 Å². The standard InChI is InChI=1S/C18H25FN4O2/c1-13-10-21(11-14(13)18(20)25)12-17(24)23-8-6-22(7-9-23)16-5-3-2-4-15(16)19/h2-5,13-14H,6-12H2,1H3,(H2,20,25)/t13-,14-/m1/s1.